The Hall–Kier alpha value is -1.52. The van der Waals surface area contributed by atoms with E-state index in [1.54, 1.807) is 6.92 Å². The molecule has 1 unspecified atom stereocenters. The van der Waals surface area contributed by atoms with Gasteiger partial charge in [0.05, 0.1) is 5.92 Å². The Morgan fingerprint density at radius 3 is 2.67 bits per heavy atom. The molecular formula is C10H11F2NO2. The SMILES string of the molecule is CCC(C[N+](=O)[O-])c1cccc(F)c1F. The van der Waals surface area contributed by atoms with Crippen LogP contribution in [0.5, 0.6) is 0 Å². The fourth-order valence-corrected chi connectivity index (χ4v) is 1.46. The van der Waals surface area contributed by atoms with Crippen LogP contribution in [-0.2, 0) is 0 Å². The topological polar surface area (TPSA) is 43.1 Å². The van der Waals surface area contributed by atoms with Gasteiger partial charge in [-0.2, -0.15) is 0 Å². The highest BCUT2D eigenvalue weighted by Gasteiger charge is 2.20. The van der Waals surface area contributed by atoms with Gasteiger partial charge >= 0.3 is 0 Å². The lowest BCUT2D eigenvalue weighted by atomic mass is 9.96. The molecule has 0 saturated heterocycles. The predicted molar refractivity (Wildman–Crippen MR) is 51.3 cm³/mol. The Morgan fingerprint density at radius 2 is 2.13 bits per heavy atom. The Labute approximate surface area is 85.9 Å². The van der Waals surface area contributed by atoms with Crippen molar-refractivity contribution in [1.29, 1.82) is 0 Å². The molecule has 0 fully saturated rings. The van der Waals surface area contributed by atoms with Gasteiger partial charge in [0, 0.05) is 10.5 Å². The molecular weight excluding hydrogens is 204 g/mol. The zero-order valence-corrected chi connectivity index (χ0v) is 8.24. The van der Waals surface area contributed by atoms with Crippen molar-refractivity contribution in [3.63, 3.8) is 0 Å². The molecule has 0 aliphatic carbocycles. The number of nitro groups is 1. The standard InChI is InChI=1S/C10H11F2NO2/c1-2-7(6-13(14)15)8-4-3-5-9(11)10(8)12/h3-5,7H,2,6H2,1H3. The third kappa shape index (κ3) is 2.71. The zero-order valence-electron chi connectivity index (χ0n) is 8.24. The van der Waals surface area contributed by atoms with Crippen LogP contribution >= 0.6 is 0 Å². The van der Waals surface area contributed by atoms with E-state index in [1.807, 2.05) is 0 Å². The van der Waals surface area contributed by atoms with E-state index >= 15 is 0 Å². The fraction of sp³-hybridized carbons (Fsp3) is 0.400. The quantitative estimate of drug-likeness (QED) is 0.572. The lowest BCUT2D eigenvalue weighted by Crippen LogP contribution is -2.13. The summed E-state index contributed by atoms with van der Waals surface area (Å²) in [6, 6.07) is 3.74. The minimum absolute atomic E-state index is 0.0780. The van der Waals surface area contributed by atoms with Crippen LogP contribution in [0.3, 0.4) is 0 Å². The van der Waals surface area contributed by atoms with Gasteiger partial charge in [-0.15, -0.1) is 0 Å². The fourth-order valence-electron chi connectivity index (χ4n) is 1.46. The van der Waals surface area contributed by atoms with Gasteiger partial charge in [0.25, 0.3) is 0 Å². The van der Waals surface area contributed by atoms with Gasteiger partial charge in [-0.05, 0) is 12.5 Å². The molecule has 0 spiro atoms. The van der Waals surface area contributed by atoms with Crippen molar-refractivity contribution < 1.29 is 13.7 Å². The molecule has 1 atom stereocenters. The van der Waals surface area contributed by atoms with Crippen LogP contribution in [0.1, 0.15) is 24.8 Å². The lowest BCUT2D eigenvalue weighted by molar-refractivity contribution is -0.483. The molecule has 0 aliphatic heterocycles. The minimum atomic E-state index is -0.980. The summed E-state index contributed by atoms with van der Waals surface area (Å²) in [5.41, 5.74) is 0.0780. The number of rotatable bonds is 4. The highest BCUT2D eigenvalue weighted by molar-refractivity contribution is 5.22. The van der Waals surface area contributed by atoms with Gasteiger partial charge in [0.15, 0.2) is 11.6 Å². The van der Waals surface area contributed by atoms with Crippen LogP contribution in [0, 0.1) is 21.7 Å². The van der Waals surface area contributed by atoms with E-state index < -0.39 is 22.5 Å². The van der Waals surface area contributed by atoms with Crippen LogP contribution in [0.15, 0.2) is 18.2 Å². The summed E-state index contributed by atoms with van der Waals surface area (Å²) in [4.78, 5) is 9.81. The largest absolute Gasteiger partial charge is 0.265 e. The first kappa shape index (κ1) is 11.6. The number of nitrogens with zero attached hydrogens (tertiary/aromatic N) is 1. The summed E-state index contributed by atoms with van der Waals surface area (Å²) < 4.78 is 26.2. The molecule has 0 saturated carbocycles. The van der Waals surface area contributed by atoms with Crippen molar-refractivity contribution >= 4 is 0 Å². The maximum atomic E-state index is 13.3. The van der Waals surface area contributed by atoms with Crippen molar-refractivity contribution in [3.05, 3.63) is 45.5 Å². The van der Waals surface area contributed by atoms with Crippen LogP contribution in [-0.4, -0.2) is 11.5 Å². The minimum Gasteiger partial charge on any atom is -0.265 e. The highest BCUT2D eigenvalue weighted by Crippen LogP contribution is 2.24. The van der Waals surface area contributed by atoms with E-state index in [-0.39, 0.29) is 12.1 Å². The highest BCUT2D eigenvalue weighted by atomic mass is 19.2. The van der Waals surface area contributed by atoms with E-state index in [0.29, 0.717) is 6.42 Å². The van der Waals surface area contributed by atoms with Gasteiger partial charge in [0.1, 0.15) is 0 Å². The molecule has 0 N–H and O–H groups in total. The van der Waals surface area contributed by atoms with Crippen LogP contribution in [0.25, 0.3) is 0 Å². The average Bonchev–Trinajstić information content (AvgIpc) is 2.19. The van der Waals surface area contributed by atoms with Gasteiger partial charge in [-0.25, -0.2) is 8.78 Å². The molecule has 1 aromatic carbocycles. The Bertz CT molecular complexity index is 368. The molecule has 1 rings (SSSR count). The molecule has 0 bridgehead atoms. The summed E-state index contributed by atoms with van der Waals surface area (Å²) in [5.74, 6) is -2.52. The van der Waals surface area contributed by atoms with E-state index in [4.69, 9.17) is 0 Å². The second-order valence-electron chi connectivity index (χ2n) is 3.26. The van der Waals surface area contributed by atoms with Gasteiger partial charge in [-0.3, -0.25) is 10.1 Å². The first-order valence-corrected chi connectivity index (χ1v) is 4.62. The number of benzene rings is 1. The molecule has 5 heteroatoms. The molecule has 0 aliphatic rings. The van der Waals surface area contributed by atoms with Gasteiger partial charge in [0.2, 0.25) is 6.54 Å². The van der Waals surface area contributed by atoms with Crippen LogP contribution < -0.4 is 0 Å². The third-order valence-corrected chi connectivity index (χ3v) is 2.28. The molecule has 1 aromatic rings. The van der Waals surface area contributed by atoms with E-state index in [1.165, 1.54) is 12.1 Å². The smallest absolute Gasteiger partial charge is 0.210 e. The maximum absolute atomic E-state index is 13.3. The molecule has 0 radical (unpaired) electrons. The normalized spacial score (nSPS) is 12.5. The van der Waals surface area contributed by atoms with Gasteiger partial charge < -0.3 is 0 Å². The Balaban J connectivity index is 3.01. The van der Waals surface area contributed by atoms with Crippen molar-refractivity contribution in [2.75, 3.05) is 6.54 Å². The molecule has 0 aromatic heterocycles. The van der Waals surface area contributed by atoms with Crippen LogP contribution in [0.2, 0.25) is 0 Å². The van der Waals surface area contributed by atoms with Crippen molar-refractivity contribution in [2.45, 2.75) is 19.3 Å². The first-order chi connectivity index (χ1) is 7.06. The monoisotopic (exact) mass is 215 g/mol. The summed E-state index contributed by atoms with van der Waals surface area (Å²) in [6.07, 6.45) is 0.404. The molecule has 0 amide bonds. The average molecular weight is 215 g/mol. The Kier molecular flexibility index (Phi) is 3.71. The van der Waals surface area contributed by atoms with E-state index in [9.17, 15) is 18.9 Å². The van der Waals surface area contributed by atoms with Crippen LogP contribution in [0.4, 0.5) is 8.78 Å². The first-order valence-electron chi connectivity index (χ1n) is 4.62. The molecule has 15 heavy (non-hydrogen) atoms. The van der Waals surface area contributed by atoms with E-state index in [0.717, 1.165) is 6.07 Å². The number of halogens is 2. The van der Waals surface area contributed by atoms with Crippen molar-refractivity contribution in [1.82, 2.24) is 0 Å². The number of hydrogen-bond acceptors (Lipinski definition) is 2. The summed E-state index contributed by atoms with van der Waals surface area (Å²) in [6.45, 7) is 1.33. The molecule has 82 valence electrons. The summed E-state index contributed by atoms with van der Waals surface area (Å²) in [7, 11) is 0. The maximum Gasteiger partial charge on any atom is 0.210 e. The summed E-state index contributed by atoms with van der Waals surface area (Å²) >= 11 is 0. The predicted octanol–water partition coefficient (Wildman–Crippen LogP) is 2.74. The van der Waals surface area contributed by atoms with Crippen molar-refractivity contribution in [2.24, 2.45) is 0 Å². The van der Waals surface area contributed by atoms with E-state index in [2.05, 4.69) is 0 Å². The molecule has 3 nitrogen and oxygen atoms in total. The van der Waals surface area contributed by atoms with Gasteiger partial charge in [-0.1, -0.05) is 19.1 Å². The molecule has 0 heterocycles. The zero-order chi connectivity index (χ0) is 11.4. The second kappa shape index (κ2) is 4.82. The summed E-state index contributed by atoms with van der Waals surface area (Å²) in [5, 5.41) is 10.3. The third-order valence-electron chi connectivity index (χ3n) is 2.28. The Morgan fingerprint density at radius 1 is 1.47 bits per heavy atom. The number of hydrogen-bond donors (Lipinski definition) is 0. The second-order valence-corrected chi connectivity index (χ2v) is 3.26. The lowest BCUT2D eigenvalue weighted by Gasteiger charge is -2.11. The van der Waals surface area contributed by atoms with Crippen molar-refractivity contribution in [3.8, 4) is 0 Å².